The van der Waals surface area contributed by atoms with Crippen LogP contribution in [-0.4, -0.2) is 17.1 Å². The van der Waals surface area contributed by atoms with Crippen molar-refractivity contribution in [2.45, 2.75) is 31.3 Å². The number of rotatable bonds is 1. The molecule has 1 fully saturated rings. The van der Waals surface area contributed by atoms with Crippen LogP contribution in [-0.2, 0) is 0 Å². The fourth-order valence-electron chi connectivity index (χ4n) is 2.49. The molecule has 0 saturated carbocycles. The Balaban J connectivity index is 1.93. The zero-order chi connectivity index (χ0) is 9.38. The molecule has 2 atom stereocenters. The van der Waals surface area contributed by atoms with Crippen molar-refractivity contribution in [1.82, 2.24) is 10.3 Å². The highest BCUT2D eigenvalue weighted by molar-refractivity contribution is 5.67. The van der Waals surface area contributed by atoms with Gasteiger partial charge in [0.2, 0.25) is 0 Å². The molecule has 0 radical (unpaired) electrons. The van der Waals surface area contributed by atoms with E-state index >= 15 is 0 Å². The standard InChI is InChI=1S/C12H14N2/c1-2-9(8-13-5-1)10-6-11-3-4-12(7-10)14-11/h1-2,5-6,8,11-12,14H,3-4,7H2. The van der Waals surface area contributed by atoms with E-state index in [1.54, 1.807) is 0 Å². The molecule has 1 saturated heterocycles. The van der Waals surface area contributed by atoms with Crippen LogP contribution in [0.1, 0.15) is 24.8 Å². The molecule has 72 valence electrons. The molecule has 2 heteroatoms. The monoisotopic (exact) mass is 186 g/mol. The van der Waals surface area contributed by atoms with E-state index in [0.29, 0.717) is 12.1 Å². The Hall–Kier alpha value is -1.15. The number of nitrogens with zero attached hydrogens (tertiary/aromatic N) is 1. The summed E-state index contributed by atoms with van der Waals surface area (Å²) in [6, 6.07) is 5.49. The van der Waals surface area contributed by atoms with Crippen LogP contribution in [0.25, 0.3) is 5.57 Å². The minimum Gasteiger partial charge on any atom is -0.307 e. The lowest BCUT2D eigenvalue weighted by Crippen LogP contribution is -2.31. The third-order valence-electron chi connectivity index (χ3n) is 3.18. The molecule has 3 heterocycles. The van der Waals surface area contributed by atoms with Crippen molar-refractivity contribution in [3.05, 3.63) is 36.2 Å². The molecule has 0 aliphatic carbocycles. The lowest BCUT2D eigenvalue weighted by molar-refractivity contribution is 0.575. The van der Waals surface area contributed by atoms with Crippen molar-refractivity contribution >= 4 is 5.57 Å². The Bertz CT molecular complexity index is 356. The molecule has 1 N–H and O–H groups in total. The maximum atomic E-state index is 4.17. The molecule has 3 rings (SSSR count). The molecular weight excluding hydrogens is 172 g/mol. The second-order valence-corrected chi connectivity index (χ2v) is 4.19. The lowest BCUT2D eigenvalue weighted by atomic mass is 9.98. The summed E-state index contributed by atoms with van der Waals surface area (Å²) in [5.74, 6) is 0. The number of hydrogen-bond acceptors (Lipinski definition) is 2. The van der Waals surface area contributed by atoms with E-state index in [9.17, 15) is 0 Å². The average Bonchev–Trinajstić information content (AvgIpc) is 2.59. The molecule has 2 bridgehead atoms. The van der Waals surface area contributed by atoms with Gasteiger partial charge in [-0.1, -0.05) is 12.1 Å². The van der Waals surface area contributed by atoms with Gasteiger partial charge in [0.05, 0.1) is 0 Å². The molecule has 0 amide bonds. The maximum Gasteiger partial charge on any atom is 0.0342 e. The van der Waals surface area contributed by atoms with Gasteiger partial charge >= 0.3 is 0 Å². The third kappa shape index (κ3) is 1.36. The van der Waals surface area contributed by atoms with Crippen LogP contribution in [0, 0.1) is 0 Å². The van der Waals surface area contributed by atoms with Crippen molar-refractivity contribution in [3.63, 3.8) is 0 Å². The molecule has 2 nitrogen and oxygen atoms in total. The van der Waals surface area contributed by atoms with Gasteiger partial charge in [-0.15, -0.1) is 0 Å². The Labute approximate surface area is 84.1 Å². The third-order valence-corrected chi connectivity index (χ3v) is 3.18. The minimum absolute atomic E-state index is 0.615. The molecule has 2 unspecified atom stereocenters. The van der Waals surface area contributed by atoms with E-state index in [-0.39, 0.29) is 0 Å². The normalized spacial score (nSPS) is 30.1. The highest BCUT2D eigenvalue weighted by Crippen LogP contribution is 2.31. The first-order valence-corrected chi connectivity index (χ1v) is 5.29. The Morgan fingerprint density at radius 1 is 1.36 bits per heavy atom. The highest BCUT2D eigenvalue weighted by atomic mass is 15.0. The van der Waals surface area contributed by atoms with Crippen LogP contribution in [0.4, 0.5) is 0 Å². The van der Waals surface area contributed by atoms with E-state index in [2.05, 4.69) is 22.4 Å². The predicted molar refractivity (Wildman–Crippen MR) is 56.8 cm³/mol. The largest absolute Gasteiger partial charge is 0.307 e. The van der Waals surface area contributed by atoms with Crippen molar-refractivity contribution < 1.29 is 0 Å². The molecule has 0 spiro atoms. The second kappa shape index (κ2) is 3.21. The van der Waals surface area contributed by atoms with Gasteiger partial charge in [0, 0.05) is 24.5 Å². The van der Waals surface area contributed by atoms with Crippen LogP contribution in [0.2, 0.25) is 0 Å². The van der Waals surface area contributed by atoms with E-state index in [1.807, 2.05) is 18.5 Å². The van der Waals surface area contributed by atoms with Gasteiger partial charge in [-0.05, 0) is 36.5 Å². The van der Waals surface area contributed by atoms with E-state index in [4.69, 9.17) is 0 Å². The first-order valence-electron chi connectivity index (χ1n) is 5.29. The van der Waals surface area contributed by atoms with E-state index in [1.165, 1.54) is 30.4 Å². The number of aromatic nitrogens is 1. The van der Waals surface area contributed by atoms with E-state index < -0.39 is 0 Å². The SMILES string of the molecule is C1=C(c2cccnc2)CC2CCC1N2. The number of fused-ring (bicyclic) bond motifs is 2. The molecule has 2 aliphatic rings. The fourth-order valence-corrected chi connectivity index (χ4v) is 2.49. The van der Waals surface area contributed by atoms with Crippen molar-refractivity contribution in [3.8, 4) is 0 Å². The first kappa shape index (κ1) is 8.18. The molecular formula is C12H14N2. The number of hydrogen-bond donors (Lipinski definition) is 1. The van der Waals surface area contributed by atoms with Gasteiger partial charge < -0.3 is 5.32 Å². The summed E-state index contributed by atoms with van der Waals surface area (Å²) in [4.78, 5) is 4.17. The Morgan fingerprint density at radius 2 is 2.36 bits per heavy atom. The van der Waals surface area contributed by atoms with Gasteiger partial charge in [-0.25, -0.2) is 0 Å². The quantitative estimate of drug-likeness (QED) is 0.725. The van der Waals surface area contributed by atoms with Crippen LogP contribution in [0.15, 0.2) is 30.6 Å². The lowest BCUT2D eigenvalue weighted by Gasteiger charge is -2.21. The molecule has 1 aromatic heterocycles. The summed E-state index contributed by atoms with van der Waals surface area (Å²) in [5.41, 5.74) is 2.77. The summed E-state index contributed by atoms with van der Waals surface area (Å²) in [5, 5.41) is 3.59. The van der Waals surface area contributed by atoms with Gasteiger partial charge in [0.25, 0.3) is 0 Å². The van der Waals surface area contributed by atoms with Gasteiger partial charge in [0.15, 0.2) is 0 Å². The molecule has 1 aromatic rings. The smallest absolute Gasteiger partial charge is 0.0342 e. The summed E-state index contributed by atoms with van der Waals surface area (Å²) in [6.45, 7) is 0. The topological polar surface area (TPSA) is 24.9 Å². The van der Waals surface area contributed by atoms with Gasteiger partial charge in [-0.3, -0.25) is 4.98 Å². The van der Waals surface area contributed by atoms with E-state index in [0.717, 1.165) is 0 Å². The maximum absolute atomic E-state index is 4.17. The van der Waals surface area contributed by atoms with Gasteiger partial charge in [0.1, 0.15) is 0 Å². The number of nitrogens with one attached hydrogen (secondary N) is 1. The Kier molecular flexibility index (Phi) is 1.88. The zero-order valence-corrected chi connectivity index (χ0v) is 8.11. The van der Waals surface area contributed by atoms with Crippen LogP contribution in [0.3, 0.4) is 0 Å². The predicted octanol–water partition coefficient (Wildman–Crippen LogP) is 1.99. The second-order valence-electron chi connectivity index (χ2n) is 4.19. The minimum atomic E-state index is 0.615. The first-order chi connectivity index (χ1) is 6.92. The molecule has 0 aromatic carbocycles. The van der Waals surface area contributed by atoms with Crippen molar-refractivity contribution in [2.24, 2.45) is 0 Å². The summed E-state index contributed by atoms with van der Waals surface area (Å²) in [7, 11) is 0. The van der Waals surface area contributed by atoms with Crippen LogP contribution < -0.4 is 5.32 Å². The van der Waals surface area contributed by atoms with Crippen molar-refractivity contribution in [2.75, 3.05) is 0 Å². The summed E-state index contributed by atoms with van der Waals surface area (Å²) in [6.07, 6.45) is 9.97. The van der Waals surface area contributed by atoms with Gasteiger partial charge in [-0.2, -0.15) is 0 Å². The Morgan fingerprint density at radius 3 is 3.14 bits per heavy atom. The summed E-state index contributed by atoms with van der Waals surface area (Å²) >= 11 is 0. The highest BCUT2D eigenvalue weighted by Gasteiger charge is 2.27. The zero-order valence-electron chi connectivity index (χ0n) is 8.11. The average molecular weight is 186 g/mol. The van der Waals surface area contributed by atoms with Crippen LogP contribution >= 0.6 is 0 Å². The molecule has 14 heavy (non-hydrogen) atoms. The molecule has 2 aliphatic heterocycles. The number of pyridine rings is 1. The van der Waals surface area contributed by atoms with Crippen LogP contribution in [0.5, 0.6) is 0 Å². The summed E-state index contributed by atoms with van der Waals surface area (Å²) < 4.78 is 0. The van der Waals surface area contributed by atoms with Crippen molar-refractivity contribution in [1.29, 1.82) is 0 Å². The fraction of sp³-hybridized carbons (Fsp3) is 0.417.